The number of rotatable bonds is 6. The fourth-order valence-corrected chi connectivity index (χ4v) is 4.54. The van der Waals surface area contributed by atoms with Crippen molar-refractivity contribution >= 4 is 34.7 Å². The van der Waals surface area contributed by atoms with Gasteiger partial charge in [0.25, 0.3) is 5.56 Å². The molecule has 1 aliphatic carbocycles. The molecule has 1 aromatic carbocycles. The summed E-state index contributed by atoms with van der Waals surface area (Å²) in [7, 11) is 0. The second kappa shape index (κ2) is 8.12. The van der Waals surface area contributed by atoms with Gasteiger partial charge in [-0.15, -0.1) is 0 Å². The Morgan fingerprint density at radius 1 is 1.21 bits per heavy atom. The van der Waals surface area contributed by atoms with E-state index in [1.54, 1.807) is 13.8 Å². The number of anilines is 2. The summed E-state index contributed by atoms with van der Waals surface area (Å²) >= 11 is 0.586. The highest BCUT2D eigenvalue weighted by Crippen LogP contribution is 2.59. The third-order valence-corrected chi connectivity index (χ3v) is 6.51. The summed E-state index contributed by atoms with van der Waals surface area (Å²) in [5.41, 5.74) is 2.58. The number of nitrogens with zero attached hydrogens (tertiary/aromatic N) is 4. The first-order valence-corrected chi connectivity index (χ1v) is 10.9. The Bertz CT molecular complexity index is 1270. The van der Waals surface area contributed by atoms with E-state index in [1.165, 1.54) is 10.8 Å². The number of benzene rings is 1. The predicted molar refractivity (Wildman–Crippen MR) is 116 cm³/mol. The highest BCUT2D eigenvalue weighted by atomic mass is 32.2. The van der Waals surface area contributed by atoms with Crippen LogP contribution >= 0.6 is 11.9 Å². The van der Waals surface area contributed by atoms with E-state index in [2.05, 4.69) is 19.7 Å². The van der Waals surface area contributed by atoms with Crippen LogP contribution in [0, 0.1) is 17.0 Å². The summed E-state index contributed by atoms with van der Waals surface area (Å²) in [4.78, 5) is 25.1. The first kappa shape index (κ1) is 23.2. The minimum absolute atomic E-state index is 0.0137. The van der Waals surface area contributed by atoms with E-state index in [9.17, 15) is 26.7 Å². The molecule has 0 atom stereocenters. The number of nitrogens with one attached hydrogen (secondary N) is 1. The van der Waals surface area contributed by atoms with Crippen LogP contribution in [0.25, 0.3) is 22.4 Å². The Labute approximate surface area is 188 Å². The molecule has 7 nitrogen and oxygen atoms in total. The number of nitrogen functional groups attached to an aromatic ring is 1. The lowest BCUT2D eigenvalue weighted by atomic mass is 10.1. The third-order valence-electron chi connectivity index (χ3n) is 5.46. The van der Waals surface area contributed by atoms with Crippen molar-refractivity contribution in [2.24, 2.45) is 5.41 Å². The number of hydrogen-bond acceptors (Lipinski definition) is 7. The topological polar surface area (TPSA) is 98.7 Å². The molecule has 2 heterocycles. The molecule has 0 saturated heterocycles. The highest BCUT2D eigenvalue weighted by Gasteiger charge is 2.62. The van der Waals surface area contributed by atoms with Crippen LogP contribution in [-0.4, -0.2) is 31.4 Å². The van der Waals surface area contributed by atoms with Crippen molar-refractivity contribution in [1.82, 2.24) is 19.5 Å². The van der Waals surface area contributed by atoms with Crippen LogP contribution in [0.15, 0.2) is 23.1 Å². The smallest absolute Gasteiger partial charge is 0.368 e. The molecule has 1 aliphatic rings. The van der Waals surface area contributed by atoms with E-state index < -0.39 is 34.5 Å². The van der Waals surface area contributed by atoms with Gasteiger partial charge in [0, 0.05) is 17.4 Å². The Hall–Kier alpha value is -2.96. The van der Waals surface area contributed by atoms with Crippen molar-refractivity contribution in [3.63, 3.8) is 0 Å². The van der Waals surface area contributed by atoms with Gasteiger partial charge in [-0.05, 0) is 38.8 Å². The van der Waals surface area contributed by atoms with Crippen LogP contribution in [0.5, 0.6) is 0 Å². The molecule has 3 N–H and O–H groups in total. The van der Waals surface area contributed by atoms with E-state index in [1.807, 2.05) is 0 Å². The summed E-state index contributed by atoms with van der Waals surface area (Å²) in [5, 5.41) is 0. The van der Waals surface area contributed by atoms with Crippen molar-refractivity contribution in [1.29, 1.82) is 0 Å². The van der Waals surface area contributed by atoms with Gasteiger partial charge >= 0.3 is 6.18 Å². The molecule has 33 heavy (non-hydrogen) atoms. The standard InChI is InChI=1S/C20H19F5N6OS/c1-9(2)31-16-13(7-27-18(26)29-16)28-14(17(31)32)10-5-11(21)15(12(22)6-10)30-33-8-19(3-4-19)20(23,24)25/h5-7,9,30H,3-4,8H2,1-2H3,(H2,26,27,29). The highest BCUT2D eigenvalue weighted by molar-refractivity contribution is 8.00. The van der Waals surface area contributed by atoms with Gasteiger partial charge in [0.2, 0.25) is 5.95 Å². The molecule has 0 amide bonds. The fraction of sp³-hybridized carbons (Fsp3) is 0.400. The normalized spacial score (nSPS) is 15.3. The zero-order valence-electron chi connectivity index (χ0n) is 17.5. The average molecular weight is 486 g/mol. The van der Waals surface area contributed by atoms with E-state index in [-0.39, 0.29) is 53.0 Å². The van der Waals surface area contributed by atoms with E-state index in [4.69, 9.17) is 5.73 Å². The van der Waals surface area contributed by atoms with Crippen molar-refractivity contribution in [2.75, 3.05) is 16.2 Å². The van der Waals surface area contributed by atoms with Crippen LogP contribution < -0.4 is 16.0 Å². The number of nitrogens with two attached hydrogens (primary N) is 1. The third kappa shape index (κ3) is 4.21. The van der Waals surface area contributed by atoms with Gasteiger partial charge in [0.05, 0.1) is 11.6 Å². The first-order valence-electron chi connectivity index (χ1n) is 9.92. The zero-order valence-corrected chi connectivity index (χ0v) is 18.3. The van der Waals surface area contributed by atoms with Crippen molar-refractivity contribution in [3.8, 4) is 11.3 Å². The molecule has 0 spiro atoms. The van der Waals surface area contributed by atoms with Gasteiger partial charge in [-0.1, -0.05) is 11.9 Å². The molecule has 3 aromatic rings. The second-order valence-electron chi connectivity index (χ2n) is 8.15. The van der Waals surface area contributed by atoms with Crippen LogP contribution in [0.2, 0.25) is 0 Å². The summed E-state index contributed by atoms with van der Waals surface area (Å²) in [6, 6.07) is 1.44. The number of aromatic nitrogens is 4. The number of alkyl halides is 3. The van der Waals surface area contributed by atoms with Crippen LogP contribution in [0.3, 0.4) is 0 Å². The van der Waals surface area contributed by atoms with Crippen molar-refractivity contribution in [2.45, 2.75) is 38.9 Å². The zero-order chi connectivity index (χ0) is 24.1. The van der Waals surface area contributed by atoms with Crippen LogP contribution in [0.4, 0.5) is 33.6 Å². The quantitative estimate of drug-likeness (QED) is 0.385. The molecule has 2 aromatic heterocycles. The number of fused-ring (bicyclic) bond motifs is 1. The van der Waals surface area contributed by atoms with Gasteiger partial charge in [-0.25, -0.2) is 18.7 Å². The summed E-state index contributed by atoms with van der Waals surface area (Å²) in [6.45, 7) is 3.45. The maximum Gasteiger partial charge on any atom is 0.395 e. The van der Waals surface area contributed by atoms with Gasteiger partial charge < -0.3 is 10.5 Å². The minimum Gasteiger partial charge on any atom is -0.368 e. The molecule has 13 heteroatoms. The molecule has 0 radical (unpaired) electrons. The van der Waals surface area contributed by atoms with Crippen LogP contribution in [-0.2, 0) is 0 Å². The Balaban J connectivity index is 1.68. The lowest BCUT2D eigenvalue weighted by Gasteiger charge is -2.19. The van der Waals surface area contributed by atoms with E-state index in [0.29, 0.717) is 11.9 Å². The number of halogens is 5. The van der Waals surface area contributed by atoms with E-state index in [0.717, 1.165) is 12.1 Å². The predicted octanol–water partition coefficient (Wildman–Crippen LogP) is 4.70. The Morgan fingerprint density at radius 2 is 1.85 bits per heavy atom. The molecule has 4 rings (SSSR count). The largest absolute Gasteiger partial charge is 0.395 e. The summed E-state index contributed by atoms with van der Waals surface area (Å²) in [5.74, 6) is -2.57. The minimum atomic E-state index is -4.37. The lowest BCUT2D eigenvalue weighted by Crippen LogP contribution is -2.27. The van der Waals surface area contributed by atoms with Crippen LogP contribution in [0.1, 0.15) is 32.7 Å². The lowest BCUT2D eigenvalue weighted by molar-refractivity contribution is -0.179. The van der Waals surface area contributed by atoms with Crippen molar-refractivity contribution in [3.05, 3.63) is 40.3 Å². The maximum atomic E-state index is 14.7. The molecule has 0 unspecified atom stereocenters. The molecule has 1 saturated carbocycles. The second-order valence-corrected chi connectivity index (χ2v) is 8.93. The molecule has 176 valence electrons. The first-order chi connectivity index (χ1) is 15.4. The van der Waals surface area contributed by atoms with Gasteiger partial charge in [-0.3, -0.25) is 9.36 Å². The fourth-order valence-electron chi connectivity index (χ4n) is 3.40. The molecular weight excluding hydrogens is 467 g/mol. The Morgan fingerprint density at radius 3 is 2.39 bits per heavy atom. The summed E-state index contributed by atoms with van der Waals surface area (Å²) in [6.07, 6.45) is -3.09. The van der Waals surface area contributed by atoms with Gasteiger partial charge in [0.15, 0.2) is 17.3 Å². The van der Waals surface area contributed by atoms with Crippen molar-refractivity contribution < 1.29 is 22.0 Å². The Kier molecular flexibility index (Phi) is 5.71. The van der Waals surface area contributed by atoms with Gasteiger partial charge in [0.1, 0.15) is 16.9 Å². The van der Waals surface area contributed by atoms with Gasteiger partial charge in [-0.2, -0.15) is 18.2 Å². The molecule has 0 aliphatic heterocycles. The number of hydrogen-bond donors (Lipinski definition) is 2. The molecule has 1 fully saturated rings. The monoisotopic (exact) mass is 486 g/mol. The molecule has 0 bridgehead atoms. The summed E-state index contributed by atoms with van der Waals surface area (Å²) < 4.78 is 72.2. The SMILES string of the molecule is CC(C)n1c(=O)c(-c2cc(F)c(NSCC3(C(F)(F)F)CC3)c(F)c2)nc2cnc(N)nc21. The van der Waals surface area contributed by atoms with E-state index >= 15 is 0 Å². The average Bonchev–Trinajstić information content (AvgIpc) is 3.50. The molecular formula is C20H19F5N6OS. The maximum absolute atomic E-state index is 14.7.